The summed E-state index contributed by atoms with van der Waals surface area (Å²) in [7, 11) is 0. The Hall–Kier alpha value is -2.60. The maximum atomic E-state index is 5.97. The molecular formula is C23H25ClN4O2. The Morgan fingerprint density at radius 1 is 1.07 bits per heavy atom. The Morgan fingerprint density at radius 2 is 1.83 bits per heavy atom. The van der Waals surface area contributed by atoms with E-state index in [1.54, 1.807) is 18.6 Å². The van der Waals surface area contributed by atoms with Gasteiger partial charge in [-0.2, -0.15) is 0 Å². The molecule has 0 unspecified atom stereocenters. The van der Waals surface area contributed by atoms with Crippen LogP contribution >= 0.6 is 11.6 Å². The third-order valence-corrected chi connectivity index (χ3v) is 6.54. The fourth-order valence-corrected chi connectivity index (χ4v) is 4.68. The van der Waals surface area contributed by atoms with Crippen LogP contribution in [-0.4, -0.2) is 34.8 Å². The summed E-state index contributed by atoms with van der Waals surface area (Å²) in [4.78, 5) is 11.0. The van der Waals surface area contributed by atoms with E-state index in [0.717, 1.165) is 66.9 Å². The van der Waals surface area contributed by atoms with Crippen molar-refractivity contribution < 1.29 is 9.26 Å². The van der Waals surface area contributed by atoms with Gasteiger partial charge in [0.05, 0.1) is 30.2 Å². The van der Waals surface area contributed by atoms with Crippen molar-refractivity contribution in [2.75, 3.05) is 24.6 Å². The number of halogens is 1. The van der Waals surface area contributed by atoms with Crippen molar-refractivity contribution in [1.82, 2.24) is 15.1 Å². The molecule has 1 aliphatic heterocycles. The van der Waals surface area contributed by atoms with E-state index in [1.165, 1.54) is 19.3 Å². The summed E-state index contributed by atoms with van der Waals surface area (Å²) in [6.45, 7) is 2.84. The van der Waals surface area contributed by atoms with Crippen molar-refractivity contribution in [2.45, 2.75) is 25.7 Å². The maximum Gasteiger partial charge on any atom is 0.225 e. The maximum absolute atomic E-state index is 5.97. The normalized spacial score (nSPS) is 21.6. The summed E-state index contributed by atoms with van der Waals surface area (Å²) >= 11 is 5.89. The van der Waals surface area contributed by atoms with E-state index in [9.17, 15) is 0 Å². The molecule has 2 atom stereocenters. The highest BCUT2D eigenvalue weighted by Gasteiger charge is 2.43. The Balaban J connectivity index is 1.03. The van der Waals surface area contributed by atoms with Crippen LogP contribution in [0.4, 0.5) is 5.95 Å². The zero-order chi connectivity index (χ0) is 20.3. The van der Waals surface area contributed by atoms with Gasteiger partial charge in [-0.3, -0.25) is 0 Å². The Bertz CT molecular complexity index is 938. The highest BCUT2D eigenvalue weighted by Crippen LogP contribution is 2.49. The molecule has 1 aliphatic carbocycles. The molecule has 1 saturated carbocycles. The summed E-state index contributed by atoms with van der Waals surface area (Å²) in [5, 5.41) is 4.33. The number of ether oxygens (including phenoxy) is 1. The number of aromatic nitrogens is 3. The van der Waals surface area contributed by atoms with Crippen LogP contribution in [0.5, 0.6) is 5.75 Å². The average molecular weight is 425 g/mol. The number of rotatable bonds is 7. The van der Waals surface area contributed by atoms with Crippen LogP contribution in [0.15, 0.2) is 53.4 Å². The minimum absolute atomic E-state index is 0.586. The minimum Gasteiger partial charge on any atom is -0.494 e. The predicted octanol–water partition coefficient (Wildman–Crippen LogP) is 5.11. The van der Waals surface area contributed by atoms with Crippen LogP contribution in [0.3, 0.4) is 0 Å². The second kappa shape index (κ2) is 8.64. The van der Waals surface area contributed by atoms with Gasteiger partial charge < -0.3 is 14.2 Å². The van der Waals surface area contributed by atoms with Crippen LogP contribution < -0.4 is 9.64 Å². The molecule has 2 aromatic heterocycles. The van der Waals surface area contributed by atoms with E-state index >= 15 is 0 Å². The largest absolute Gasteiger partial charge is 0.494 e. The van der Waals surface area contributed by atoms with Crippen LogP contribution in [-0.2, 0) is 0 Å². The van der Waals surface area contributed by atoms with Crippen LogP contribution in [0.25, 0.3) is 11.3 Å². The Morgan fingerprint density at radius 3 is 2.53 bits per heavy atom. The molecule has 2 fully saturated rings. The number of piperidine rings is 1. The van der Waals surface area contributed by atoms with Crippen LogP contribution in [0.2, 0.25) is 5.02 Å². The number of anilines is 1. The first-order valence-corrected chi connectivity index (χ1v) is 11.0. The molecule has 1 saturated heterocycles. The topological polar surface area (TPSA) is 64.3 Å². The summed E-state index contributed by atoms with van der Waals surface area (Å²) in [6.07, 6.45) is 9.92. The van der Waals surface area contributed by atoms with E-state index in [4.69, 9.17) is 20.9 Å². The van der Waals surface area contributed by atoms with Crippen molar-refractivity contribution in [3.8, 4) is 17.1 Å². The van der Waals surface area contributed by atoms with Crippen molar-refractivity contribution in [3.05, 3.63) is 53.9 Å². The second-order valence-electron chi connectivity index (χ2n) is 8.22. The molecule has 2 aliphatic rings. The molecule has 3 aromatic rings. The number of hydrogen-bond donors (Lipinski definition) is 0. The smallest absolute Gasteiger partial charge is 0.225 e. The molecule has 0 N–H and O–H groups in total. The van der Waals surface area contributed by atoms with E-state index in [0.29, 0.717) is 5.02 Å². The SMILES string of the molecule is Clc1cnc(N2CCC([C@@H]3C[C@@H]3CCOc3ccc(-c4ccno4)cc3)CC2)nc1. The van der Waals surface area contributed by atoms with Gasteiger partial charge in [0, 0.05) is 24.7 Å². The van der Waals surface area contributed by atoms with Crippen molar-refractivity contribution >= 4 is 17.5 Å². The Labute approximate surface area is 181 Å². The van der Waals surface area contributed by atoms with Gasteiger partial charge in [-0.15, -0.1) is 0 Å². The van der Waals surface area contributed by atoms with Gasteiger partial charge in [0.1, 0.15) is 5.75 Å². The molecule has 0 bridgehead atoms. The standard InChI is InChI=1S/C23H25ClN4O2/c24-19-14-25-23(26-15-19)28-10-6-16(7-11-28)21-13-18(21)8-12-29-20-3-1-17(2-4-20)22-5-9-27-30-22/h1-5,9,14-16,18,21H,6-8,10-13H2/t18-,21-/m0/s1. The predicted molar refractivity (Wildman–Crippen MR) is 116 cm³/mol. The summed E-state index contributed by atoms with van der Waals surface area (Å²) in [6, 6.07) is 9.87. The fraction of sp³-hybridized carbons (Fsp3) is 0.435. The van der Waals surface area contributed by atoms with E-state index in [1.807, 2.05) is 30.3 Å². The zero-order valence-corrected chi connectivity index (χ0v) is 17.5. The molecule has 156 valence electrons. The van der Waals surface area contributed by atoms with E-state index < -0.39 is 0 Å². The van der Waals surface area contributed by atoms with Crippen molar-refractivity contribution in [2.24, 2.45) is 17.8 Å². The first-order chi connectivity index (χ1) is 14.8. The third kappa shape index (κ3) is 4.43. The monoisotopic (exact) mass is 424 g/mol. The molecule has 0 spiro atoms. The summed E-state index contributed by atoms with van der Waals surface area (Å²) in [5.74, 6) is 4.97. The van der Waals surface area contributed by atoms with Gasteiger partial charge in [0.2, 0.25) is 5.95 Å². The van der Waals surface area contributed by atoms with Crippen molar-refractivity contribution in [1.29, 1.82) is 0 Å². The lowest BCUT2D eigenvalue weighted by molar-refractivity contribution is 0.284. The van der Waals surface area contributed by atoms with Gasteiger partial charge in [-0.25, -0.2) is 9.97 Å². The molecule has 6 nitrogen and oxygen atoms in total. The lowest BCUT2D eigenvalue weighted by Crippen LogP contribution is -2.35. The zero-order valence-electron chi connectivity index (χ0n) is 16.8. The third-order valence-electron chi connectivity index (χ3n) is 6.35. The van der Waals surface area contributed by atoms with Gasteiger partial charge >= 0.3 is 0 Å². The molecular weight excluding hydrogens is 400 g/mol. The summed E-state index contributed by atoms with van der Waals surface area (Å²) < 4.78 is 11.1. The first kappa shape index (κ1) is 19.4. The van der Waals surface area contributed by atoms with Gasteiger partial charge in [0.25, 0.3) is 0 Å². The van der Waals surface area contributed by atoms with Crippen molar-refractivity contribution in [3.63, 3.8) is 0 Å². The molecule has 3 heterocycles. The van der Waals surface area contributed by atoms with E-state index in [-0.39, 0.29) is 0 Å². The number of hydrogen-bond acceptors (Lipinski definition) is 6. The molecule has 7 heteroatoms. The average Bonchev–Trinajstić information content (AvgIpc) is 3.34. The lowest BCUT2D eigenvalue weighted by Gasteiger charge is -2.32. The molecule has 5 rings (SSSR count). The number of benzene rings is 1. The lowest BCUT2D eigenvalue weighted by atomic mass is 9.90. The number of nitrogens with zero attached hydrogens (tertiary/aromatic N) is 4. The van der Waals surface area contributed by atoms with E-state index in [2.05, 4.69) is 20.0 Å². The highest BCUT2D eigenvalue weighted by molar-refractivity contribution is 6.30. The summed E-state index contributed by atoms with van der Waals surface area (Å²) in [5.41, 5.74) is 1.01. The molecule has 30 heavy (non-hydrogen) atoms. The molecule has 0 amide bonds. The Kier molecular flexibility index (Phi) is 5.58. The van der Waals surface area contributed by atoms with Gasteiger partial charge in [-0.1, -0.05) is 16.8 Å². The van der Waals surface area contributed by atoms with Crippen LogP contribution in [0.1, 0.15) is 25.7 Å². The van der Waals surface area contributed by atoms with Gasteiger partial charge in [-0.05, 0) is 67.7 Å². The highest BCUT2D eigenvalue weighted by atomic mass is 35.5. The molecule has 0 radical (unpaired) electrons. The molecule has 1 aromatic carbocycles. The first-order valence-electron chi connectivity index (χ1n) is 10.6. The second-order valence-corrected chi connectivity index (χ2v) is 8.66. The minimum atomic E-state index is 0.586. The quantitative estimate of drug-likeness (QED) is 0.525. The van der Waals surface area contributed by atoms with Crippen LogP contribution in [0, 0.1) is 17.8 Å². The van der Waals surface area contributed by atoms with Gasteiger partial charge in [0.15, 0.2) is 5.76 Å². The fourth-order valence-electron chi connectivity index (χ4n) is 4.58.